The van der Waals surface area contributed by atoms with Crippen molar-refractivity contribution in [2.75, 3.05) is 17.2 Å². The molecule has 0 bridgehead atoms. The van der Waals surface area contributed by atoms with Crippen LogP contribution in [-0.2, 0) is 4.79 Å². The smallest absolute Gasteiger partial charge is 0.240 e. The standard InChI is InChI=1S/C15H21N3OS2/c1-2-21-12-8-5-7-10(13(12)15(17)20)18-9-4-3-6-11(18)14(16)19/h5,7-8,11H,2-4,6,9H2,1H3,(H2,16,19)(H2,17,20). The summed E-state index contributed by atoms with van der Waals surface area (Å²) in [6.07, 6.45) is 2.86. The van der Waals surface area contributed by atoms with Crippen LogP contribution in [0.1, 0.15) is 31.7 Å². The number of thioether (sulfide) groups is 1. The summed E-state index contributed by atoms with van der Waals surface area (Å²) >= 11 is 6.95. The van der Waals surface area contributed by atoms with Crippen molar-refractivity contribution < 1.29 is 4.79 Å². The molecule has 1 aliphatic heterocycles. The molecule has 1 aliphatic rings. The number of piperidine rings is 1. The van der Waals surface area contributed by atoms with E-state index in [2.05, 4.69) is 11.8 Å². The first kappa shape index (κ1) is 16.1. The SMILES string of the molecule is CCSc1cccc(N2CCCCC2C(N)=O)c1C(N)=S. The number of carbonyl (C=O) groups excluding carboxylic acids is 1. The Kier molecular flexibility index (Phi) is 5.47. The number of amides is 1. The molecule has 1 fully saturated rings. The molecule has 1 unspecified atom stereocenters. The monoisotopic (exact) mass is 323 g/mol. The van der Waals surface area contributed by atoms with E-state index >= 15 is 0 Å². The minimum absolute atomic E-state index is 0.270. The van der Waals surface area contributed by atoms with Gasteiger partial charge in [-0.25, -0.2) is 0 Å². The fourth-order valence-corrected chi connectivity index (χ4v) is 3.92. The summed E-state index contributed by atoms with van der Waals surface area (Å²) in [5.41, 5.74) is 13.3. The molecule has 1 heterocycles. The quantitative estimate of drug-likeness (QED) is 0.642. The Morgan fingerprint density at radius 3 is 2.81 bits per heavy atom. The van der Waals surface area contributed by atoms with Crippen LogP contribution in [0.4, 0.5) is 5.69 Å². The molecule has 21 heavy (non-hydrogen) atoms. The molecule has 1 atom stereocenters. The van der Waals surface area contributed by atoms with Crippen LogP contribution < -0.4 is 16.4 Å². The van der Waals surface area contributed by atoms with Gasteiger partial charge in [0.1, 0.15) is 11.0 Å². The molecule has 2 rings (SSSR count). The highest BCUT2D eigenvalue weighted by Crippen LogP contribution is 2.34. The second-order valence-corrected chi connectivity index (χ2v) is 6.80. The Hall–Kier alpha value is -1.27. The number of carbonyl (C=O) groups is 1. The third-order valence-electron chi connectivity index (χ3n) is 3.69. The lowest BCUT2D eigenvalue weighted by atomic mass is 9.99. The predicted molar refractivity (Wildman–Crippen MR) is 92.9 cm³/mol. The molecule has 1 saturated heterocycles. The van der Waals surface area contributed by atoms with E-state index in [1.54, 1.807) is 11.8 Å². The van der Waals surface area contributed by atoms with Crippen LogP contribution in [0.25, 0.3) is 0 Å². The average Bonchev–Trinajstić information content (AvgIpc) is 2.47. The van der Waals surface area contributed by atoms with Crippen molar-refractivity contribution in [3.63, 3.8) is 0 Å². The van der Waals surface area contributed by atoms with E-state index in [1.807, 2.05) is 18.2 Å². The minimum atomic E-state index is -0.280. The van der Waals surface area contributed by atoms with Gasteiger partial charge in [-0.15, -0.1) is 11.8 Å². The molecule has 1 aromatic rings. The maximum atomic E-state index is 11.7. The number of rotatable bonds is 5. The van der Waals surface area contributed by atoms with E-state index in [-0.39, 0.29) is 11.9 Å². The second kappa shape index (κ2) is 7.13. The van der Waals surface area contributed by atoms with E-state index in [0.717, 1.165) is 47.7 Å². The molecular formula is C15H21N3OS2. The Morgan fingerprint density at radius 2 is 2.19 bits per heavy atom. The second-order valence-electron chi connectivity index (χ2n) is 5.05. The predicted octanol–water partition coefficient (Wildman–Crippen LogP) is 2.28. The van der Waals surface area contributed by atoms with Gasteiger partial charge in [0.25, 0.3) is 0 Å². The van der Waals surface area contributed by atoms with Crippen molar-refractivity contribution in [1.29, 1.82) is 0 Å². The molecule has 114 valence electrons. The Morgan fingerprint density at radius 1 is 1.43 bits per heavy atom. The van der Waals surface area contributed by atoms with Crippen LogP contribution in [-0.4, -0.2) is 29.2 Å². The van der Waals surface area contributed by atoms with Crippen LogP contribution in [0.5, 0.6) is 0 Å². The van der Waals surface area contributed by atoms with Crippen LogP contribution in [0.2, 0.25) is 0 Å². The number of hydrogen-bond donors (Lipinski definition) is 2. The van der Waals surface area contributed by atoms with E-state index < -0.39 is 0 Å². The van der Waals surface area contributed by atoms with Crippen molar-refractivity contribution in [2.45, 2.75) is 37.1 Å². The molecule has 0 saturated carbocycles. The molecular weight excluding hydrogens is 302 g/mol. The molecule has 6 heteroatoms. The van der Waals surface area contributed by atoms with Crippen molar-refractivity contribution in [3.05, 3.63) is 23.8 Å². The van der Waals surface area contributed by atoms with E-state index in [4.69, 9.17) is 23.7 Å². The van der Waals surface area contributed by atoms with Crippen LogP contribution >= 0.6 is 24.0 Å². The third kappa shape index (κ3) is 3.49. The zero-order valence-electron chi connectivity index (χ0n) is 12.2. The molecule has 0 radical (unpaired) electrons. The molecule has 1 amide bonds. The first-order chi connectivity index (χ1) is 10.1. The first-order valence-electron chi connectivity index (χ1n) is 7.17. The van der Waals surface area contributed by atoms with Crippen LogP contribution in [0.3, 0.4) is 0 Å². The van der Waals surface area contributed by atoms with Crippen LogP contribution in [0, 0.1) is 0 Å². The first-order valence-corrected chi connectivity index (χ1v) is 8.57. The molecule has 0 aromatic heterocycles. The maximum Gasteiger partial charge on any atom is 0.240 e. The molecule has 4 nitrogen and oxygen atoms in total. The number of nitrogens with zero attached hydrogens (tertiary/aromatic N) is 1. The fraction of sp³-hybridized carbons (Fsp3) is 0.467. The topological polar surface area (TPSA) is 72.3 Å². The normalized spacial score (nSPS) is 18.5. The Bertz CT molecular complexity index is 548. The van der Waals surface area contributed by atoms with Gasteiger partial charge in [0, 0.05) is 22.7 Å². The largest absolute Gasteiger partial charge is 0.389 e. The van der Waals surface area contributed by atoms with Crippen molar-refractivity contribution in [3.8, 4) is 0 Å². The van der Waals surface area contributed by atoms with Crippen molar-refractivity contribution in [2.24, 2.45) is 11.5 Å². The number of hydrogen-bond acceptors (Lipinski definition) is 4. The summed E-state index contributed by atoms with van der Waals surface area (Å²) in [6, 6.07) is 5.72. The van der Waals surface area contributed by atoms with Gasteiger partial charge < -0.3 is 16.4 Å². The number of benzene rings is 1. The summed E-state index contributed by atoms with van der Waals surface area (Å²) in [5, 5.41) is 0. The summed E-state index contributed by atoms with van der Waals surface area (Å²) < 4.78 is 0. The summed E-state index contributed by atoms with van der Waals surface area (Å²) in [6.45, 7) is 2.90. The van der Waals surface area contributed by atoms with E-state index in [9.17, 15) is 4.79 Å². The van der Waals surface area contributed by atoms with Gasteiger partial charge in [-0.1, -0.05) is 25.2 Å². The third-order valence-corrected chi connectivity index (χ3v) is 4.84. The maximum absolute atomic E-state index is 11.7. The highest BCUT2D eigenvalue weighted by Gasteiger charge is 2.29. The summed E-state index contributed by atoms with van der Waals surface area (Å²) in [4.78, 5) is 15.2. The number of primary amides is 1. The Labute approximate surface area is 135 Å². The van der Waals surface area contributed by atoms with Gasteiger partial charge in [-0.05, 0) is 37.1 Å². The highest BCUT2D eigenvalue weighted by molar-refractivity contribution is 7.99. The van der Waals surface area contributed by atoms with Gasteiger partial charge in [-0.2, -0.15) is 0 Å². The lowest BCUT2D eigenvalue weighted by molar-refractivity contribution is -0.119. The average molecular weight is 323 g/mol. The van der Waals surface area contributed by atoms with Crippen LogP contribution in [0.15, 0.2) is 23.1 Å². The fourth-order valence-electron chi connectivity index (χ4n) is 2.80. The highest BCUT2D eigenvalue weighted by atomic mass is 32.2. The number of thiocarbonyl (C=S) groups is 1. The number of anilines is 1. The summed E-state index contributed by atoms with van der Waals surface area (Å²) in [7, 11) is 0. The zero-order chi connectivity index (χ0) is 15.4. The van der Waals surface area contributed by atoms with Crippen molar-refractivity contribution in [1.82, 2.24) is 0 Å². The van der Waals surface area contributed by atoms with Crippen molar-refractivity contribution >= 4 is 40.6 Å². The Balaban J connectivity index is 2.48. The van der Waals surface area contributed by atoms with Gasteiger partial charge in [0.15, 0.2) is 0 Å². The van der Waals surface area contributed by atoms with E-state index in [0.29, 0.717) is 4.99 Å². The summed E-state index contributed by atoms with van der Waals surface area (Å²) in [5.74, 6) is 0.662. The molecule has 0 aliphatic carbocycles. The number of nitrogens with two attached hydrogens (primary N) is 2. The van der Waals surface area contributed by atoms with E-state index in [1.165, 1.54) is 0 Å². The lowest BCUT2D eigenvalue weighted by Crippen LogP contribution is -2.48. The minimum Gasteiger partial charge on any atom is -0.389 e. The molecule has 0 spiro atoms. The van der Waals surface area contributed by atoms with Gasteiger partial charge >= 0.3 is 0 Å². The van der Waals surface area contributed by atoms with Gasteiger partial charge in [0.05, 0.1) is 0 Å². The molecule has 1 aromatic carbocycles. The van der Waals surface area contributed by atoms with Gasteiger partial charge in [-0.3, -0.25) is 4.79 Å². The molecule has 4 N–H and O–H groups in total. The van der Waals surface area contributed by atoms with Gasteiger partial charge in [0.2, 0.25) is 5.91 Å². The lowest BCUT2D eigenvalue weighted by Gasteiger charge is -2.37. The zero-order valence-corrected chi connectivity index (χ0v) is 13.8.